The number of imidazole rings is 3. The molecule has 0 bridgehead atoms. The molecular weight excluding hydrogens is 1630 g/mol. The molecule has 0 saturated heterocycles. The summed E-state index contributed by atoms with van der Waals surface area (Å²) in [5.41, 5.74) is 21.4. The number of thiophene rings is 1. The molecule has 0 aliphatic carbocycles. The number of benzene rings is 9. The molecule has 9 aromatic carbocycles. The third kappa shape index (κ3) is 17.6. The predicted molar refractivity (Wildman–Crippen MR) is 484 cm³/mol. The summed E-state index contributed by atoms with van der Waals surface area (Å²) in [6.07, 6.45) is 27.2. The zero-order valence-electron chi connectivity index (χ0n) is 68.1. The minimum Gasteiger partial charge on any atom is -0.461 e. The number of halogens is 3. The normalized spacial score (nSPS) is 12.7. The molecule has 0 saturated carbocycles. The van der Waals surface area contributed by atoms with Gasteiger partial charge in [0.1, 0.15) is 43.7 Å². The topological polar surface area (TPSA) is 245 Å². The first-order valence-electron chi connectivity index (χ1n) is 39.4. The molecule has 0 radical (unpaired) electrons. The van der Waals surface area contributed by atoms with Gasteiger partial charge < -0.3 is 19.1 Å². The number of aryl methyl sites for hydroxylation is 1. The third-order valence-corrected chi connectivity index (χ3v) is 22.0. The second-order valence-electron chi connectivity index (χ2n) is 28.0. The van der Waals surface area contributed by atoms with Crippen molar-refractivity contribution >= 4 is 92.6 Å². The fourth-order valence-electron chi connectivity index (χ4n) is 14.7. The van der Waals surface area contributed by atoms with E-state index in [0.717, 1.165) is 123 Å². The number of amides is 1. The number of esters is 3. The molecule has 0 unspecified atom stereocenters. The van der Waals surface area contributed by atoms with E-state index < -0.39 is 17.9 Å². The number of ether oxygens (including phenoxy) is 3. The van der Waals surface area contributed by atoms with Gasteiger partial charge in [-0.2, -0.15) is 0 Å². The summed E-state index contributed by atoms with van der Waals surface area (Å²) >= 11 is 14.1. The number of hydrogen-bond acceptors (Lipinski definition) is 18. The van der Waals surface area contributed by atoms with Gasteiger partial charge in [-0.1, -0.05) is 144 Å². The van der Waals surface area contributed by atoms with Gasteiger partial charge in [-0.3, -0.25) is 48.0 Å². The zero-order chi connectivity index (χ0) is 87.4. The summed E-state index contributed by atoms with van der Waals surface area (Å²) in [6.45, 7) is 9.44. The quantitative estimate of drug-likeness (QED) is 0.0666. The van der Waals surface area contributed by atoms with Gasteiger partial charge >= 0.3 is 17.9 Å². The predicted octanol–water partition coefficient (Wildman–Crippen LogP) is 17.1. The molecule has 125 heavy (non-hydrogen) atoms. The molecule has 614 valence electrons. The lowest BCUT2D eigenvalue weighted by molar-refractivity contribution is -0.116. The van der Waals surface area contributed by atoms with Gasteiger partial charge in [0.15, 0.2) is 22.9 Å². The van der Waals surface area contributed by atoms with Crippen LogP contribution in [0.5, 0.6) is 0 Å². The second kappa shape index (κ2) is 38.0. The molecule has 0 fully saturated rings. The van der Waals surface area contributed by atoms with Gasteiger partial charge in [0.2, 0.25) is 5.91 Å². The van der Waals surface area contributed by atoms with Crippen LogP contribution >= 0.6 is 34.5 Å². The highest BCUT2D eigenvalue weighted by Crippen LogP contribution is 2.36. The largest absolute Gasteiger partial charge is 0.461 e. The summed E-state index contributed by atoms with van der Waals surface area (Å²) in [4.78, 5) is 87.7. The van der Waals surface area contributed by atoms with Crippen molar-refractivity contribution in [2.24, 2.45) is 25.0 Å². The molecular formula is C99H74Cl2FN15O7S. The van der Waals surface area contributed by atoms with Gasteiger partial charge in [0, 0.05) is 89.4 Å². The number of terminal acetylenes is 4. The Labute approximate surface area is 733 Å². The van der Waals surface area contributed by atoms with Crippen LogP contribution in [0.2, 0.25) is 10.0 Å². The molecule has 26 heteroatoms. The monoisotopic (exact) mass is 1710 g/mol. The van der Waals surface area contributed by atoms with Crippen LogP contribution in [0.25, 0.3) is 22.7 Å². The van der Waals surface area contributed by atoms with Gasteiger partial charge in [-0.25, -0.2) is 33.7 Å². The van der Waals surface area contributed by atoms with Crippen LogP contribution in [0.4, 0.5) is 10.1 Å². The maximum absolute atomic E-state index is 14.5. The van der Waals surface area contributed by atoms with Crippen molar-refractivity contribution in [3.63, 3.8) is 0 Å². The van der Waals surface area contributed by atoms with E-state index in [2.05, 4.69) is 58.8 Å². The first-order valence-corrected chi connectivity index (χ1v) is 41.1. The first-order chi connectivity index (χ1) is 60.9. The second-order valence-corrected chi connectivity index (χ2v) is 29.8. The summed E-state index contributed by atoms with van der Waals surface area (Å²) in [5, 5.41) is 11.7. The number of aliphatic imine (C=N–C) groups is 5. The number of aromatic nitrogens is 9. The maximum Gasteiger partial charge on any atom is 0.358 e. The molecule has 5 aliphatic rings. The van der Waals surface area contributed by atoms with Crippen molar-refractivity contribution in [2.75, 3.05) is 38.3 Å². The molecule has 10 heterocycles. The van der Waals surface area contributed by atoms with E-state index in [0.29, 0.717) is 93.8 Å². The maximum atomic E-state index is 14.5. The average molecular weight is 1710 g/mol. The van der Waals surface area contributed by atoms with Gasteiger partial charge in [0.25, 0.3) is 0 Å². The van der Waals surface area contributed by atoms with E-state index in [1.165, 1.54) is 6.07 Å². The van der Waals surface area contributed by atoms with Crippen LogP contribution in [-0.2, 0) is 45.2 Å². The Bertz CT molecular complexity index is 6930. The van der Waals surface area contributed by atoms with Crippen LogP contribution in [0.1, 0.15) is 158 Å². The Morgan fingerprint density at radius 3 is 1.30 bits per heavy atom. The standard InChI is InChI=1S/C22H16FN3O2.C22H17N3O2.C20H15N3O2S.C19H13ClN4.C16H13ClN2O/c1-3-14-9-10-18-16(11-14)20(15-7-5-6-8-17(15)23)24-12-19-21(22(27)28-4-2)25-13-26(18)19;1-3-15-10-11-18-17(12-15)20(16-8-6-5-7-9-16)23-13-19-21(22(26)27-4-2)24-14-25(18)19;1-3-13-7-8-15-14(10-13)18(17-6-5-9-26-17)21-11-16-19(20(24)25-4-2)22-12-23(15)16;1-3-13-8-9-17-15(10-13)19(14-6-4-5-7-16(14)20)21-11-18-23-22-12(2)24(17)18;1-19-14-8-7-12(17)9-13(14)16(18-10-15(19)20)11-5-3-2-4-6-11/h1,5-11,13H,4,12H2,2H3;1,5-12,14H,4,13H2,2H3;1,5-10,12H,4,11H2,2H3;1,4-10H,11H2,2H3;2-9H,10H2,1H3. The van der Waals surface area contributed by atoms with Crippen molar-refractivity contribution in [2.45, 2.75) is 53.9 Å². The van der Waals surface area contributed by atoms with Crippen LogP contribution in [0.3, 0.4) is 0 Å². The molecule has 0 N–H and O–H groups in total. The summed E-state index contributed by atoms with van der Waals surface area (Å²) < 4.78 is 37.5. The number of carbonyl (C=O) groups excluding carboxylic acids is 4. The highest BCUT2D eigenvalue weighted by atomic mass is 35.5. The number of rotatable bonds is 11. The van der Waals surface area contributed by atoms with E-state index in [1.54, 1.807) is 104 Å². The number of fused-ring (bicyclic) bond motifs is 13. The Morgan fingerprint density at radius 1 is 0.432 bits per heavy atom. The minimum absolute atomic E-state index is 0.0282. The number of hydrogen-bond donors (Lipinski definition) is 0. The number of anilines is 1. The van der Waals surface area contributed by atoms with E-state index in [1.807, 2.05) is 196 Å². The Kier molecular flexibility index (Phi) is 25.7. The fourth-order valence-corrected chi connectivity index (χ4v) is 15.9. The van der Waals surface area contributed by atoms with Crippen LogP contribution < -0.4 is 4.90 Å². The molecule has 0 atom stereocenters. The lowest BCUT2D eigenvalue weighted by Gasteiger charge is -2.18. The fraction of sp³-hybridized carbons (Fsp3) is 0.131. The van der Waals surface area contributed by atoms with Crippen molar-refractivity contribution in [1.82, 2.24) is 43.4 Å². The average Bonchev–Trinajstić information content (AvgIpc) is 1.66. The van der Waals surface area contributed by atoms with E-state index in [9.17, 15) is 23.6 Å². The van der Waals surface area contributed by atoms with Crippen molar-refractivity contribution in [3.8, 4) is 72.1 Å². The Morgan fingerprint density at radius 2 is 0.832 bits per heavy atom. The van der Waals surface area contributed by atoms with Crippen molar-refractivity contribution < 1.29 is 37.8 Å². The van der Waals surface area contributed by atoms with Gasteiger partial charge in [-0.05, 0) is 148 Å². The molecule has 5 aliphatic heterocycles. The molecule has 14 aromatic rings. The number of benzodiazepines with no additional fused rings is 1. The van der Waals surface area contributed by atoms with Gasteiger partial charge in [0.05, 0.1) is 118 Å². The lowest BCUT2D eigenvalue weighted by atomic mass is 9.98. The summed E-state index contributed by atoms with van der Waals surface area (Å²) in [6, 6.07) is 66.2. The Balaban J connectivity index is 0.000000121. The number of carbonyl (C=O) groups is 4. The number of nitrogens with zero attached hydrogens (tertiary/aromatic N) is 15. The van der Waals surface area contributed by atoms with Gasteiger partial charge in [-0.15, -0.1) is 47.2 Å². The van der Waals surface area contributed by atoms with E-state index in [4.69, 9.17) is 78.1 Å². The van der Waals surface area contributed by atoms with E-state index in [-0.39, 0.29) is 37.1 Å². The van der Waals surface area contributed by atoms with Crippen molar-refractivity contribution in [3.05, 3.63) is 376 Å². The highest BCUT2D eigenvalue weighted by molar-refractivity contribution is 7.12. The smallest absolute Gasteiger partial charge is 0.358 e. The minimum atomic E-state index is -0.511. The Hall–Kier alpha value is -15.6. The SMILES string of the molecule is C#Cc1ccc2c(c1)C(c1ccccc1)=NCc1c(C(=O)OCC)ncn1-2.C#Cc1ccc2c(c1)C(c1ccccc1Cl)=NCc1nnc(C)n1-2.C#Cc1ccc2c(c1)C(c1ccccc1F)=NCc1c(C(=O)OCC)ncn1-2.C#Cc1ccc2c(c1)C(c1cccs1)=NCc1c(C(=O)OCC)ncn1-2.CN1C(=O)CN=C(c2ccccc2)c2cc(Cl)ccc21. The third-order valence-electron chi connectivity index (χ3n) is 20.6. The van der Waals surface area contributed by atoms with Crippen LogP contribution in [0, 0.1) is 62.1 Å². The summed E-state index contributed by atoms with van der Waals surface area (Å²) in [5.74, 6) is 10.5. The molecule has 5 aromatic heterocycles. The first kappa shape index (κ1) is 84.4. The lowest BCUT2D eigenvalue weighted by Crippen LogP contribution is -2.27. The molecule has 0 spiro atoms. The molecule has 22 nitrogen and oxygen atoms in total. The van der Waals surface area contributed by atoms with Crippen LogP contribution in [0.15, 0.2) is 262 Å². The summed E-state index contributed by atoms with van der Waals surface area (Å²) in [7, 11) is 1.76. The van der Waals surface area contributed by atoms with E-state index >= 15 is 0 Å². The van der Waals surface area contributed by atoms with Crippen molar-refractivity contribution in [1.29, 1.82) is 0 Å². The number of likely N-dealkylation sites (N-methyl/N-ethyl adjacent to an activating group) is 1. The molecule has 1 amide bonds. The zero-order valence-corrected chi connectivity index (χ0v) is 70.4. The highest BCUT2D eigenvalue weighted by Gasteiger charge is 2.32. The molecule has 19 rings (SSSR count). The van der Waals surface area contributed by atoms with Crippen LogP contribution in [-0.4, -0.2) is 129 Å².